The molecular formula is C20H19NO4S2. The third-order valence-corrected chi connectivity index (χ3v) is 5.51. The highest BCUT2D eigenvalue weighted by Crippen LogP contribution is 2.39. The fourth-order valence-corrected chi connectivity index (χ4v) is 3.92. The van der Waals surface area contributed by atoms with E-state index >= 15 is 0 Å². The highest BCUT2D eigenvalue weighted by Gasteiger charge is 2.32. The third-order valence-electron chi connectivity index (χ3n) is 4.13. The Kier molecular flexibility index (Phi) is 5.72. The van der Waals surface area contributed by atoms with Gasteiger partial charge in [-0.3, -0.25) is 9.69 Å². The predicted molar refractivity (Wildman–Crippen MR) is 111 cm³/mol. The van der Waals surface area contributed by atoms with Crippen LogP contribution in [0.4, 0.5) is 0 Å². The van der Waals surface area contributed by atoms with E-state index in [2.05, 4.69) is 0 Å². The van der Waals surface area contributed by atoms with Crippen LogP contribution in [0.25, 0.3) is 6.08 Å². The van der Waals surface area contributed by atoms with Crippen LogP contribution in [0, 0.1) is 6.92 Å². The first kappa shape index (κ1) is 19.3. The first-order valence-electron chi connectivity index (χ1n) is 8.19. The molecule has 1 aliphatic heterocycles. The molecule has 0 atom stereocenters. The van der Waals surface area contributed by atoms with Gasteiger partial charge in [0, 0.05) is 0 Å². The van der Waals surface area contributed by atoms with Crippen molar-refractivity contribution in [2.75, 3.05) is 14.2 Å². The normalized spacial score (nSPS) is 15.5. The Bertz CT molecular complexity index is 897. The summed E-state index contributed by atoms with van der Waals surface area (Å²) >= 11 is 6.65. The molecule has 7 heteroatoms. The van der Waals surface area contributed by atoms with Gasteiger partial charge in [0.05, 0.1) is 25.7 Å². The Labute approximate surface area is 167 Å². The van der Waals surface area contributed by atoms with E-state index in [0.717, 1.165) is 5.56 Å². The summed E-state index contributed by atoms with van der Waals surface area (Å²) in [6, 6.07) is 11.3. The van der Waals surface area contributed by atoms with Crippen LogP contribution in [0.1, 0.15) is 16.7 Å². The van der Waals surface area contributed by atoms with Gasteiger partial charge in [0.25, 0.3) is 5.91 Å². The Morgan fingerprint density at radius 1 is 1.15 bits per heavy atom. The molecule has 2 aromatic rings. The number of hydrogen-bond acceptors (Lipinski definition) is 6. The minimum absolute atomic E-state index is 0.0796. The lowest BCUT2D eigenvalue weighted by molar-refractivity contribution is -0.122. The van der Waals surface area contributed by atoms with Gasteiger partial charge in [0.1, 0.15) is 4.32 Å². The number of thiocarbonyl (C=S) groups is 1. The van der Waals surface area contributed by atoms with Gasteiger partial charge in [-0.05, 0) is 36.3 Å². The summed E-state index contributed by atoms with van der Waals surface area (Å²) in [4.78, 5) is 14.9. The molecule has 0 bridgehead atoms. The number of thioether (sulfide) groups is 1. The molecule has 1 fully saturated rings. The second-order valence-electron chi connectivity index (χ2n) is 6.03. The SMILES string of the molecule is COc1cc(/C=C2\SC(=S)N(Cc3ccc(C)cc3)C2=O)cc(OC)c1O. The van der Waals surface area contributed by atoms with E-state index in [0.29, 0.717) is 21.3 Å². The summed E-state index contributed by atoms with van der Waals surface area (Å²) in [6.45, 7) is 2.46. The Hall–Kier alpha value is -2.51. The van der Waals surface area contributed by atoms with Crippen LogP contribution in [0.3, 0.4) is 0 Å². The topological polar surface area (TPSA) is 59.0 Å². The van der Waals surface area contributed by atoms with Crippen molar-refractivity contribution < 1.29 is 19.4 Å². The van der Waals surface area contributed by atoms with Gasteiger partial charge in [-0.15, -0.1) is 0 Å². The summed E-state index contributed by atoms with van der Waals surface area (Å²) in [6.07, 6.45) is 1.72. The van der Waals surface area contributed by atoms with E-state index in [1.54, 1.807) is 23.1 Å². The zero-order chi connectivity index (χ0) is 19.6. The first-order chi connectivity index (χ1) is 12.9. The molecule has 1 saturated heterocycles. The van der Waals surface area contributed by atoms with E-state index in [4.69, 9.17) is 21.7 Å². The molecule has 140 valence electrons. The number of hydrogen-bond donors (Lipinski definition) is 1. The second-order valence-corrected chi connectivity index (χ2v) is 7.70. The van der Waals surface area contributed by atoms with E-state index in [1.165, 1.54) is 31.5 Å². The number of carbonyl (C=O) groups excluding carboxylic acids is 1. The van der Waals surface area contributed by atoms with Gasteiger partial charge in [-0.1, -0.05) is 53.8 Å². The zero-order valence-corrected chi connectivity index (χ0v) is 16.8. The summed E-state index contributed by atoms with van der Waals surface area (Å²) in [5.74, 6) is 0.326. The molecule has 0 unspecified atom stereocenters. The Morgan fingerprint density at radius 2 is 1.74 bits per heavy atom. The minimum atomic E-state index is -0.142. The second kappa shape index (κ2) is 8.02. The van der Waals surface area contributed by atoms with Crippen molar-refractivity contribution in [1.82, 2.24) is 4.90 Å². The first-order valence-corrected chi connectivity index (χ1v) is 9.41. The molecule has 1 aliphatic rings. The highest BCUT2D eigenvalue weighted by molar-refractivity contribution is 8.26. The number of nitrogens with zero attached hydrogens (tertiary/aromatic N) is 1. The number of rotatable bonds is 5. The van der Waals surface area contributed by atoms with Crippen molar-refractivity contribution >= 4 is 40.3 Å². The number of aryl methyl sites for hydroxylation is 1. The van der Waals surface area contributed by atoms with Crippen molar-refractivity contribution in [1.29, 1.82) is 0 Å². The minimum Gasteiger partial charge on any atom is -0.502 e. The lowest BCUT2D eigenvalue weighted by atomic mass is 10.1. The van der Waals surface area contributed by atoms with Gasteiger partial charge in [-0.2, -0.15) is 0 Å². The number of ether oxygens (including phenoxy) is 2. The maximum absolute atomic E-state index is 12.8. The van der Waals surface area contributed by atoms with Crippen molar-refractivity contribution in [2.24, 2.45) is 0 Å². The molecule has 5 nitrogen and oxygen atoms in total. The standard InChI is InChI=1S/C20H19NO4S2/c1-12-4-6-13(7-5-12)11-21-19(23)17(27-20(21)26)10-14-8-15(24-2)18(22)16(9-14)25-3/h4-10,22H,11H2,1-3H3/b17-10-. The molecule has 27 heavy (non-hydrogen) atoms. The lowest BCUT2D eigenvalue weighted by Gasteiger charge is -2.14. The Balaban J connectivity index is 1.87. The van der Waals surface area contributed by atoms with Gasteiger partial charge >= 0.3 is 0 Å². The average Bonchev–Trinajstić information content (AvgIpc) is 2.92. The average molecular weight is 402 g/mol. The lowest BCUT2D eigenvalue weighted by Crippen LogP contribution is -2.27. The molecule has 1 heterocycles. The molecule has 0 saturated carbocycles. The monoisotopic (exact) mass is 401 g/mol. The Morgan fingerprint density at radius 3 is 2.30 bits per heavy atom. The largest absolute Gasteiger partial charge is 0.502 e. The summed E-state index contributed by atoms with van der Waals surface area (Å²) < 4.78 is 10.8. The molecule has 0 radical (unpaired) electrons. The van der Waals surface area contributed by atoms with Crippen molar-refractivity contribution in [3.05, 3.63) is 58.0 Å². The van der Waals surface area contributed by atoms with Gasteiger partial charge in [0.2, 0.25) is 5.75 Å². The zero-order valence-electron chi connectivity index (χ0n) is 15.2. The number of amides is 1. The molecular weight excluding hydrogens is 382 g/mol. The van der Waals surface area contributed by atoms with Crippen molar-refractivity contribution in [3.63, 3.8) is 0 Å². The predicted octanol–water partition coefficient (Wildman–Crippen LogP) is 4.12. The fourth-order valence-electron chi connectivity index (χ4n) is 2.66. The van der Waals surface area contributed by atoms with E-state index in [1.807, 2.05) is 31.2 Å². The molecule has 1 amide bonds. The number of methoxy groups -OCH3 is 2. The van der Waals surface area contributed by atoms with Crippen LogP contribution >= 0.6 is 24.0 Å². The van der Waals surface area contributed by atoms with Crippen LogP contribution in [-0.2, 0) is 11.3 Å². The highest BCUT2D eigenvalue weighted by atomic mass is 32.2. The molecule has 0 spiro atoms. The van der Waals surface area contributed by atoms with Crippen molar-refractivity contribution in [2.45, 2.75) is 13.5 Å². The van der Waals surface area contributed by atoms with Crippen LogP contribution in [0.2, 0.25) is 0 Å². The van der Waals surface area contributed by atoms with Crippen LogP contribution in [0.5, 0.6) is 17.2 Å². The quantitative estimate of drug-likeness (QED) is 0.601. The number of aromatic hydroxyl groups is 1. The maximum Gasteiger partial charge on any atom is 0.266 e. The number of carbonyl (C=O) groups is 1. The third kappa shape index (κ3) is 4.09. The van der Waals surface area contributed by atoms with Gasteiger partial charge < -0.3 is 14.6 Å². The molecule has 0 aromatic heterocycles. The van der Waals surface area contributed by atoms with Crippen LogP contribution in [0.15, 0.2) is 41.3 Å². The molecule has 2 aromatic carbocycles. The molecule has 0 aliphatic carbocycles. The van der Waals surface area contributed by atoms with Crippen LogP contribution in [-0.4, -0.2) is 34.5 Å². The number of phenolic OH excluding ortho intramolecular Hbond substituents is 1. The number of benzene rings is 2. The molecule has 1 N–H and O–H groups in total. The van der Waals surface area contributed by atoms with E-state index in [9.17, 15) is 9.90 Å². The van der Waals surface area contributed by atoms with Gasteiger partial charge in [0.15, 0.2) is 11.5 Å². The van der Waals surface area contributed by atoms with Crippen LogP contribution < -0.4 is 9.47 Å². The summed E-state index contributed by atoms with van der Waals surface area (Å²) in [5, 5.41) is 10.0. The smallest absolute Gasteiger partial charge is 0.266 e. The fraction of sp³-hybridized carbons (Fsp3) is 0.200. The van der Waals surface area contributed by atoms with E-state index < -0.39 is 0 Å². The number of phenols is 1. The summed E-state index contributed by atoms with van der Waals surface area (Å²) in [7, 11) is 2.92. The van der Waals surface area contributed by atoms with E-state index in [-0.39, 0.29) is 23.2 Å². The maximum atomic E-state index is 12.8. The van der Waals surface area contributed by atoms with Crippen molar-refractivity contribution in [3.8, 4) is 17.2 Å². The van der Waals surface area contributed by atoms with Gasteiger partial charge in [-0.25, -0.2) is 0 Å². The summed E-state index contributed by atoms with van der Waals surface area (Å²) in [5.41, 5.74) is 2.86. The molecule has 3 rings (SSSR count).